The summed E-state index contributed by atoms with van der Waals surface area (Å²) in [5.74, 6) is 0.217. The van der Waals surface area contributed by atoms with Crippen molar-refractivity contribution in [3.8, 4) is 5.75 Å². The number of aliphatic hydroxyl groups excluding tert-OH is 2. The summed E-state index contributed by atoms with van der Waals surface area (Å²) in [4.78, 5) is 0.964. The van der Waals surface area contributed by atoms with E-state index in [4.69, 9.17) is 0 Å². The zero-order valence-corrected chi connectivity index (χ0v) is 16.8. The Morgan fingerprint density at radius 2 is 1.82 bits per heavy atom. The number of fused-ring (bicyclic) bond motifs is 1. The Bertz CT molecular complexity index is 969. The van der Waals surface area contributed by atoms with Gasteiger partial charge in [-0.3, -0.25) is 0 Å². The highest BCUT2D eigenvalue weighted by Crippen LogP contribution is 2.32. The number of hydrogen-bond acceptors (Lipinski definition) is 4. The summed E-state index contributed by atoms with van der Waals surface area (Å²) >= 11 is 1.56. The molecule has 0 fully saturated rings. The second-order valence-corrected chi connectivity index (χ2v) is 7.89. The summed E-state index contributed by atoms with van der Waals surface area (Å²) in [6.07, 6.45) is 3.52. The molecule has 4 heteroatoms. The first-order valence-electron chi connectivity index (χ1n) is 9.63. The molecule has 0 amide bonds. The lowest BCUT2D eigenvalue weighted by molar-refractivity contribution is 0.180. The van der Waals surface area contributed by atoms with E-state index in [9.17, 15) is 15.3 Å². The van der Waals surface area contributed by atoms with Crippen molar-refractivity contribution in [2.24, 2.45) is 0 Å². The van der Waals surface area contributed by atoms with Crippen molar-refractivity contribution >= 4 is 22.1 Å². The number of benzene rings is 2. The van der Waals surface area contributed by atoms with Crippen LogP contribution in [0.3, 0.4) is 0 Å². The molecule has 0 spiro atoms. The Kier molecular flexibility index (Phi) is 7.07. The minimum Gasteiger partial charge on any atom is -0.507 e. The van der Waals surface area contributed by atoms with Crippen LogP contribution < -0.4 is 0 Å². The highest BCUT2D eigenvalue weighted by Gasteiger charge is 2.13. The first kappa shape index (κ1) is 20.4. The fourth-order valence-electron chi connectivity index (χ4n) is 3.39. The quantitative estimate of drug-likeness (QED) is 0.408. The second kappa shape index (κ2) is 9.72. The van der Waals surface area contributed by atoms with E-state index in [0.29, 0.717) is 12.8 Å². The van der Waals surface area contributed by atoms with Crippen LogP contribution in [0, 0.1) is 0 Å². The van der Waals surface area contributed by atoms with Gasteiger partial charge in [-0.25, -0.2) is 0 Å². The minimum atomic E-state index is -0.678. The summed E-state index contributed by atoms with van der Waals surface area (Å²) in [7, 11) is 0. The van der Waals surface area contributed by atoms with Crippen LogP contribution in [0.1, 0.15) is 55.3 Å². The summed E-state index contributed by atoms with van der Waals surface area (Å²) in [5.41, 5.74) is 5.16. The molecule has 28 heavy (non-hydrogen) atoms. The van der Waals surface area contributed by atoms with Crippen LogP contribution in [0.4, 0.5) is 0 Å². The number of hydrogen-bond donors (Lipinski definition) is 3. The van der Waals surface area contributed by atoms with Crippen molar-refractivity contribution in [1.29, 1.82) is 0 Å². The van der Waals surface area contributed by atoms with Gasteiger partial charge in [0, 0.05) is 23.1 Å². The van der Waals surface area contributed by atoms with Gasteiger partial charge in [-0.1, -0.05) is 49.7 Å². The van der Waals surface area contributed by atoms with Crippen LogP contribution in [-0.2, 0) is 0 Å². The molecule has 3 rings (SSSR count). The minimum absolute atomic E-state index is 0.217. The molecule has 0 radical (unpaired) electrons. The first-order valence-corrected chi connectivity index (χ1v) is 10.5. The first-order chi connectivity index (χ1) is 13.6. The van der Waals surface area contributed by atoms with E-state index in [1.807, 2.05) is 47.9 Å². The van der Waals surface area contributed by atoms with Gasteiger partial charge in [0.25, 0.3) is 0 Å². The Morgan fingerprint density at radius 3 is 2.54 bits per heavy atom. The molecule has 0 bridgehead atoms. The summed E-state index contributed by atoms with van der Waals surface area (Å²) in [6, 6.07) is 14.8. The second-order valence-electron chi connectivity index (χ2n) is 6.91. The summed E-state index contributed by atoms with van der Waals surface area (Å²) in [5, 5.41) is 34.7. The fraction of sp³-hybridized carbons (Fsp3) is 0.292. The van der Waals surface area contributed by atoms with E-state index in [1.54, 1.807) is 23.5 Å². The van der Waals surface area contributed by atoms with Crippen molar-refractivity contribution < 1.29 is 15.3 Å². The van der Waals surface area contributed by atoms with Crippen LogP contribution in [0.2, 0.25) is 0 Å². The molecule has 146 valence electrons. The third-order valence-corrected chi connectivity index (χ3v) is 5.78. The van der Waals surface area contributed by atoms with Gasteiger partial charge >= 0.3 is 0 Å². The van der Waals surface area contributed by atoms with E-state index in [-0.39, 0.29) is 5.75 Å². The molecule has 0 aliphatic rings. The van der Waals surface area contributed by atoms with Crippen LogP contribution in [0.25, 0.3) is 10.8 Å². The van der Waals surface area contributed by atoms with Gasteiger partial charge in [0.05, 0.1) is 12.2 Å². The van der Waals surface area contributed by atoms with E-state index < -0.39 is 12.2 Å². The molecule has 0 aliphatic heterocycles. The fourth-order valence-corrected chi connectivity index (χ4v) is 4.10. The van der Waals surface area contributed by atoms with E-state index in [1.165, 1.54) is 0 Å². The van der Waals surface area contributed by atoms with Crippen LogP contribution in [-0.4, -0.2) is 15.3 Å². The number of phenols is 1. The standard InChI is InChI=1S/C24H26O3S/c1-2-7-17(16-23(27)24-12-6-15-28-24)8-5-11-21(25)20-13-14-22(26)19-10-4-3-9-18(19)20/h3-6,9-10,12-15,21,23,25-27H,2,7,11,16H2,1H3/t8?,21-,23-/m1/s1. The summed E-state index contributed by atoms with van der Waals surface area (Å²) < 4.78 is 0. The van der Waals surface area contributed by atoms with Gasteiger partial charge in [-0.2, -0.15) is 0 Å². The third kappa shape index (κ3) is 4.92. The van der Waals surface area contributed by atoms with Crippen molar-refractivity contribution in [2.45, 2.75) is 44.8 Å². The summed E-state index contributed by atoms with van der Waals surface area (Å²) in [6.45, 7) is 2.11. The molecular formula is C24H26O3S. The zero-order chi connectivity index (χ0) is 19.9. The lowest BCUT2D eigenvalue weighted by Crippen LogP contribution is -1.98. The zero-order valence-electron chi connectivity index (χ0n) is 16.0. The molecule has 0 saturated carbocycles. The highest BCUT2D eigenvalue weighted by atomic mass is 32.1. The van der Waals surface area contributed by atoms with Gasteiger partial charge in [-0.05, 0) is 46.5 Å². The Labute approximate surface area is 169 Å². The Hall–Kier alpha value is -2.36. The normalized spacial score (nSPS) is 13.1. The third-order valence-electron chi connectivity index (χ3n) is 4.80. The molecule has 0 aliphatic carbocycles. The maximum absolute atomic E-state index is 10.7. The molecule has 0 saturated heterocycles. The van der Waals surface area contributed by atoms with Crippen molar-refractivity contribution in [1.82, 2.24) is 0 Å². The molecule has 1 aromatic heterocycles. The van der Waals surface area contributed by atoms with Crippen LogP contribution in [0.15, 0.2) is 71.3 Å². The van der Waals surface area contributed by atoms with Crippen molar-refractivity contribution in [3.05, 3.63) is 81.7 Å². The van der Waals surface area contributed by atoms with E-state index >= 15 is 0 Å². The average molecular weight is 395 g/mol. The Balaban J connectivity index is 1.76. The Morgan fingerprint density at radius 1 is 1.04 bits per heavy atom. The number of phenolic OH excluding ortho intramolecular Hbond substituents is 1. The van der Waals surface area contributed by atoms with Crippen molar-refractivity contribution in [2.75, 3.05) is 0 Å². The predicted molar refractivity (Wildman–Crippen MR) is 116 cm³/mol. The van der Waals surface area contributed by atoms with Gasteiger partial charge < -0.3 is 15.3 Å². The van der Waals surface area contributed by atoms with Gasteiger partial charge in [0.15, 0.2) is 0 Å². The maximum Gasteiger partial charge on any atom is 0.123 e. The maximum atomic E-state index is 10.7. The highest BCUT2D eigenvalue weighted by molar-refractivity contribution is 7.10. The molecule has 0 unspecified atom stereocenters. The molecular weight excluding hydrogens is 368 g/mol. The van der Waals surface area contributed by atoms with Crippen LogP contribution >= 0.6 is 11.3 Å². The topological polar surface area (TPSA) is 60.7 Å². The largest absolute Gasteiger partial charge is 0.507 e. The molecule has 1 heterocycles. The molecule has 3 aromatic rings. The lowest BCUT2D eigenvalue weighted by atomic mass is 9.97. The van der Waals surface area contributed by atoms with Gasteiger partial charge in [-0.15, -0.1) is 17.1 Å². The SMILES string of the molecule is CCCC(=C=CC[C@@H](O)c1ccc(O)c2ccccc12)C[C@@H](O)c1cccs1. The van der Waals surface area contributed by atoms with Crippen LogP contribution in [0.5, 0.6) is 5.75 Å². The number of aromatic hydroxyl groups is 1. The van der Waals surface area contributed by atoms with Gasteiger partial charge in [0.1, 0.15) is 5.75 Å². The number of rotatable bonds is 8. The lowest BCUT2D eigenvalue weighted by Gasteiger charge is -2.13. The molecule has 2 aromatic carbocycles. The molecule has 3 N–H and O–H groups in total. The van der Waals surface area contributed by atoms with E-state index in [0.717, 1.165) is 39.6 Å². The molecule has 3 nitrogen and oxygen atoms in total. The number of thiophene rings is 1. The monoisotopic (exact) mass is 394 g/mol. The average Bonchev–Trinajstić information content (AvgIpc) is 3.23. The van der Waals surface area contributed by atoms with E-state index in [2.05, 4.69) is 12.7 Å². The smallest absolute Gasteiger partial charge is 0.123 e. The predicted octanol–water partition coefficient (Wildman–Crippen LogP) is 6.04. The number of aliphatic hydroxyl groups is 2. The van der Waals surface area contributed by atoms with Gasteiger partial charge in [0.2, 0.25) is 0 Å². The van der Waals surface area contributed by atoms with Crippen molar-refractivity contribution in [3.63, 3.8) is 0 Å². The molecule has 2 atom stereocenters.